The molecule has 1 aromatic carbocycles. The first-order chi connectivity index (χ1) is 19.3. The fourth-order valence-corrected chi connectivity index (χ4v) is 5.46. The zero-order chi connectivity index (χ0) is 29.3. The van der Waals surface area contributed by atoms with E-state index >= 15 is 0 Å². The molecule has 0 radical (unpaired) electrons. The van der Waals surface area contributed by atoms with Crippen LogP contribution in [0.3, 0.4) is 0 Å². The van der Waals surface area contributed by atoms with Crippen molar-refractivity contribution in [3.63, 3.8) is 0 Å². The summed E-state index contributed by atoms with van der Waals surface area (Å²) in [5.74, 6) is 0.771. The molecule has 2 amide bonds. The first-order valence-electron chi connectivity index (χ1n) is 14.4. The van der Waals surface area contributed by atoms with Crippen LogP contribution in [0.1, 0.15) is 52.0 Å². The summed E-state index contributed by atoms with van der Waals surface area (Å²) in [6, 6.07) is 6.02. The van der Waals surface area contributed by atoms with Crippen molar-refractivity contribution in [2.24, 2.45) is 0 Å². The van der Waals surface area contributed by atoms with E-state index in [1.807, 2.05) is 17.9 Å². The molecule has 1 N–H and O–H groups in total. The molecule has 0 aliphatic carbocycles. The summed E-state index contributed by atoms with van der Waals surface area (Å²) in [5.41, 5.74) is 0.846. The molecule has 0 aromatic heterocycles. The third-order valence-electron chi connectivity index (χ3n) is 7.11. The second-order valence-corrected chi connectivity index (χ2v) is 11.1. The molecule has 1 fully saturated rings. The molecule has 0 spiro atoms. The number of halogens is 1. The fourth-order valence-electron chi connectivity index (χ4n) is 4.58. The third kappa shape index (κ3) is 12.4. The van der Waals surface area contributed by atoms with E-state index in [2.05, 4.69) is 18.7 Å². The van der Waals surface area contributed by atoms with E-state index in [0.29, 0.717) is 38.9 Å². The normalized spacial score (nSPS) is 16.2. The minimum atomic E-state index is -0.704. The number of rotatable bonds is 19. The Kier molecular flexibility index (Phi) is 15.9. The van der Waals surface area contributed by atoms with Gasteiger partial charge in [-0.1, -0.05) is 38.1 Å². The monoisotopic (exact) mass is 579 g/mol. The SMILES string of the molecule is CCN(CC)CCN(CC)C(=O)COC(=O)CCCSCCN1C(=O)CC[C@@H]1C=C[C@@H](O)Cc1ccc(F)cc1. The van der Waals surface area contributed by atoms with Crippen LogP contribution in [0.25, 0.3) is 0 Å². The molecule has 10 heteroatoms. The number of likely N-dealkylation sites (N-methyl/N-ethyl adjacent to an activating group) is 2. The number of carbonyl (C=O) groups is 3. The van der Waals surface area contributed by atoms with Gasteiger partial charge in [0, 0.05) is 51.2 Å². The van der Waals surface area contributed by atoms with E-state index in [1.54, 1.807) is 34.9 Å². The zero-order valence-electron chi connectivity index (χ0n) is 24.2. The van der Waals surface area contributed by atoms with Crippen molar-refractivity contribution in [3.8, 4) is 0 Å². The van der Waals surface area contributed by atoms with Crippen LogP contribution < -0.4 is 0 Å². The molecule has 0 bridgehead atoms. The molecule has 1 aliphatic rings. The third-order valence-corrected chi connectivity index (χ3v) is 8.15. The number of nitrogens with zero attached hydrogens (tertiary/aromatic N) is 3. The van der Waals surface area contributed by atoms with Gasteiger partial charge in [-0.15, -0.1) is 0 Å². The second kappa shape index (κ2) is 18.8. The summed E-state index contributed by atoms with van der Waals surface area (Å²) in [4.78, 5) is 42.7. The second-order valence-electron chi connectivity index (χ2n) is 9.85. The molecule has 8 nitrogen and oxygen atoms in total. The van der Waals surface area contributed by atoms with Crippen molar-refractivity contribution in [1.29, 1.82) is 0 Å². The van der Waals surface area contributed by atoms with Gasteiger partial charge in [0.25, 0.3) is 5.91 Å². The zero-order valence-corrected chi connectivity index (χ0v) is 25.0. The topological polar surface area (TPSA) is 90.4 Å². The first-order valence-corrected chi connectivity index (χ1v) is 15.6. The summed E-state index contributed by atoms with van der Waals surface area (Å²) in [7, 11) is 0. The summed E-state index contributed by atoms with van der Waals surface area (Å²) < 4.78 is 18.3. The predicted octanol–water partition coefficient (Wildman–Crippen LogP) is 3.52. The van der Waals surface area contributed by atoms with Crippen molar-refractivity contribution in [1.82, 2.24) is 14.7 Å². The molecule has 40 heavy (non-hydrogen) atoms. The maximum absolute atomic E-state index is 13.1. The van der Waals surface area contributed by atoms with Crippen LogP contribution in [0, 0.1) is 5.82 Å². The van der Waals surface area contributed by atoms with Gasteiger partial charge in [0.2, 0.25) is 5.91 Å². The van der Waals surface area contributed by atoms with Crippen molar-refractivity contribution in [2.45, 2.75) is 65.0 Å². The Hall–Kier alpha value is -2.43. The summed E-state index contributed by atoms with van der Waals surface area (Å²) >= 11 is 1.67. The Labute approximate surface area is 242 Å². The van der Waals surface area contributed by atoms with E-state index in [0.717, 1.165) is 43.1 Å². The fraction of sp³-hybridized carbons (Fsp3) is 0.633. The van der Waals surface area contributed by atoms with Gasteiger partial charge in [0.1, 0.15) is 5.82 Å². The van der Waals surface area contributed by atoms with Crippen molar-refractivity contribution in [2.75, 3.05) is 57.4 Å². The number of benzene rings is 1. The quantitative estimate of drug-likeness (QED) is 0.152. The highest BCUT2D eigenvalue weighted by molar-refractivity contribution is 7.99. The Morgan fingerprint density at radius 1 is 1.15 bits per heavy atom. The van der Waals surface area contributed by atoms with Gasteiger partial charge in [0.15, 0.2) is 6.61 Å². The van der Waals surface area contributed by atoms with Gasteiger partial charge in [-0.2, -0.15) is 11.8 Å². The van der Waals surface area contributed by atoms with E-state index in [1.165, 1.54) is 12.1 Å². The van der Waals surface area contributed by atoms with E-state index in [4.69, 9.17) is 4.74 Å². The van der Waals surface area contributed by atoms with Crippen molar-refractivity contribution >= 4 is 29.5 Å². The molecule has 1 saturated heterocycles. The Bertz CT molecular complexity index is 942. The van der Waals surface area contributed by atoms with Crippen LogP contribution in [0.4, 0.5) is 4.39 Å². The van der Waals surface area contributed by atoms with Crippen LogP contribution in [0.15, 0.2) is 36.4 Å². The molecular formula is C30H46FN3O5S. The molecule has 1 aromatic rings. The first kappa shape index (κ1) is 33.8. The molecular weight excluding hydrogens is 533 g/mol. The predicted molar refractivity (Wildman–Crippen MR) is 158 cm³/mol. The summed E-state index contributed by atoms with van der Waals surface area (Å²) in [5, 5.41) is 10.3. The molecule has 224 valence electrons. The molecule has 2 rings (SSSR count). The van der Waals surface area contributed by atoms with Crippen LogP contribution >= 0.6 is 11.8 Å². The lowest BCUT2D eigenvalue weighted by atomic mass is 10.1. The van der Waals surface area contributed by atoms with Crippen LogP contribution in [-0.2, 0) is 25.5 Å². The minimum Gasteiger partial charge on any atom is -0.456 e. The Balaban J connectivity index is 1.61. The van der Waals surface area contributed by atoms with Crippen molar-refractivity contribution < 1.29 is 28.6 Å². The van der Waals surface area contributed by atoms with Gasteiger partial charge >= 0.3 is 5.97 Å². The van der Waals surface area contributed by atoms with E-state index in [-0.39, 0.29) is 42.7 Å². The van der Waals surface area contributed by atoms with Gasteiger partial charge in [-0.05, 0) is 56.3 Å². The maximum atomic E-state index is 13.1. The van der Waals surface area contributed by atoms with Gasteiger partial charge in [-0.3, -0.25) is 14.4 Å². The smallest absolute Gasteiger partial charge is 0.306 e. The van der Waals surface area contributed by atoms with E-state index in [9.17, 15) is 23.9 Å². The number of hydrogen-bond acceptors (Lipinski definition) is 7. The molecule has 0 unspecified atom stereocenters. The largest absolute Gasteiger partial charge is 0.456 e. The highest BCUT2D eigenvalue weighted by Gasteiger charge is 2.28. The number of esters is 1. The summed E-state index contributed by atoms with van der Waals surface area (Å²) in [6.45, 7) is 10.4. The number of ether oxygens (including phenoxy) is 1. The van der Waals surface area contributed by atoms with Crippen LogP contribution in [0.2, 0.25) is 0 Å². The highest BCUT2D eigenvalue weighted by Crippen LogP contribution is 2.21. The number of aliphatic hydroxyl groups is 1. The van der Waals surface area contributed by atoms with E-state index < -0.39 is 6.10 Å². The lowest BCUT2D eigenvalue weighted by Gasteiger charge is -2.25. The number of likely N-dealkylation sites (tertiary alicyclic amines) is 1. The highest BCUT2D eigenvalue weighted by atomic mass is 32.2. The average Bonchev–Trinajstić information content (AvgIpc) is 3.30. The molecule has 0 saturated carbocycles. The number of thioether (sulfide) groups is 1. The van der Waals surface area contributed by atoms with Gasteiger partial charge in [-0.25, -0.2) is 4.39 Å². The Morgan fingerprint density at radius 3 is 2.55 bits per heavy atom. The van der Waals surface area contributed by atoms with Gasteiger partial charge < -0.3 is 24.5 Å². The van der Waals surface area contributed by atoms with Crippen LogP contribution in [0.5, 0.6) is 0 Å². The molecule has 1 heterocycles. The Morgan fingerprint density at radius 2 is 1.88 bits per heavy atom. The summed E-state index contributed by atoms with van der Waals surface area (Å²) in [6.07, 6.45) is 5.40. The van der Waals surface area contributed by atoms with Crippen LogP contribution in [-0.4, -0.2) is 107 Å². The lowest BCUT2D eigenvalue weighted by molar-refractivity contribution is -0.152. The van der Waals surface area contributed by atoms with Gasteiger partial charge in [0.05, 0.1) is 12.1 Å². The molecule has 2 atom stereocenters. The average molecular weight is 580 g/mol. The number of carbonyl (C=O) groups excluding carboxylic acids is 3. The minimum absolute atomic E-state index is 0.0433. The molecule has 1 aliphatic heterocycles. The van der Waals surface area contributed by atoms with Crippen molar-refractivity contribution in [3.05, 3.63) is 47.8 Å². The number of hydrogen-bond donors (Lipinski definition) is 1. The standard InChI is InChI=1S/C30H46FN3O5S/c1-4-32(5-2)17-18-33(6-3)29(37)23-39-30(38)8-7-20-40-21-19-34-26(14-16-28(34)36)13-15-27(35)22-24-9-11-25(31)12-10-24/h9-13,15,26-27,35H,4-8,14,16-23H2,1-3H3/t26-,27+/m0/s1. The number of aliphatic hydroxyl groups excluding tert-OH is 1. The number of amides is 2. The lowest BCUT2D eigenvalue weighted by Crippen LogP contribution is -2.40. The maximum Gasteiger partial charge on any atom is 0.306 e.